The van der Waals surface area contributed by atoms with E-state index in [2.05, 4.69) is 13.2 Å². The molecule has 0 spiro atoms. The van der Waals surface area contributed by atoms with Crippen molar-refractivity contribution in [3.63, 3.8) is 0 Å². The number of hydrogen-bond acceptors (Lipinski definition) is 8. The molecule has 4 N–H and O–H groups in total. The quantitative estimate of drug-likeness (QED) is 0.282. The van der Waals surface area contributed by atoms with Gasteiger partial charge in [0.1, 0.15) is 5.57 Å². The van der Waals surface area contributed by atoms with Gasteiger partial charge in [-0.1, -0.05) is 20.1 Å². The van der Waals surface area contributed by atoms with E-state index in [1.807, 2.05) is 0 Å². The first-order chi connectivity index (χ1) is 14.6. The first-order valence-electron chi connectivity index (χ1n) is 8.78. The van der Waals surface area contributed by atoms with E-state index >= 15 is 0 Å². The standard InChI is InChI=1S/C20H20O12/c1-6-10-12(14(23)24)19(17(27)28,31-15(25)8(2)3)7-11(13(21)22)20(10,18(29)30)32-16(26)9(4)5/h7H,2,4,6H2,1,3,5H3,(H,21,22)(H,23,24)(H,27,28)(H,29,30). The Balaban J connectivity index is 4.29. The highest BCUT2D eigenvalue weighted by atomic mass is 16.6. The second kappa shape index (κ2) is 8.88. The van der Waals surface area contributed by atoms with Gasteiger partial charge >= 0.3 is 35.8 Å². The number of hydrogen-bond donors (Lipinski definition) is 4. The molecule has 0 heterocycles. The normalized spacial score (nSPS) is 22.3. The zero-order valence-corrected chi connectivity index (χ0v) is 17.3. The van der Waals surface area contributed by atoms with Crippen molar-refractivity contribution in [2.24, 2.45) is 0 Å². The number of carbonyl (C=O) groups excluding carboxylic acids is 2. The van der Waals surface area contributed by atoms with E-state index in [-0.39, 0.29) is 17.2 Å². The molecule has 0 bridgehead atoms. The zero-order valence-electron chi connectivity index (χ0n) is 17.3. The van der Waals surface area contributed by atoms with Gasteiger partial charge in [-0.2, -0.15) is 0 Å². The van der Waals surface area contributed by atoms with Crippen LogP contribution in [0.15, 0.2) is 47.1 Å². The average Bonchev–Trinajstić information content (AvgIpc) is 2.66. The fourth-order valence-corrected chi connectivity index (χ4v) is 3.02. The van der Waals surface area contributed by atoms with Crippen LogP contribution in [0.2, 0.25) is 0 Å². The Morgan fingerprint density at radius 3 is 1.62 bits per heavy atom. The molecule has 0 fully saturated rings. The summed E-state index contributed by atoms with van der Waals surface area (Å²) in [5.74, 6) is -11.2. The number of carboxylic acid groups (broad SMARTS) is 4. The van der Waals surface area contributed by atoms with Gasteiger partial charge in [-0.25, -0.2) is 28.8 Å². The highest BCUT2D eigenvalue weighted by Gasteiger charge is 2.64. The van der Waals surface area contributed by atoms with Crippen LogP contribution in [0.4, 0.5) is 0 Å². The summed E-state index contributed by atoms with van der Waals surface area (Å²) in [7, 11) is 0. The average molecular weight is 452 g/mol. The van der Waals surface area contributed by atoms with Crippen LogP contribution < -0.4 is 0 Å². The second-order valence-electron chi connectivity index (χ2n) is 6.74. The van der Waals surface area contributed by atoms with Crippen molar-refractivity contribution < 1.29 is 58.7 Å². The Bertz CT molecular complexity index is 1030. The molecule has 1 aliphatic carbocycles. The number of carbonyl (C=O) groups is 6. The summed E-state index contributed by atoms with van der Waals surface area (Å²) in [6.45, 7) is 9.91. The molecule has 1 aliphatic rings. The fourth-order valence-electron chi connectivity index (χ4n) is 3.02. The van der Waals surface area contributed by atoms with Crippen LogP contribution in [-0.2, 0) is 38.2 Å². The third kappa shape index (κ3) is 4.02. The van der Waals surface area contributed by atoms with Gasteiger partial charge in [0.2, 0.25) is 0 Å². The maximum Gasteiger partial charge on any atom is 0.357 e. The Morgan fingerprint density at radius 1 is 0.844 bits per heavy atom. The first kappa shape index (κ1) is 25.8. The molecule has 0 saturated carbocycles. The molecule has 0 aromatic heterocycles. The lowest BCUT2D eigenvalue weighted by Crippen LogP contribution is -2.58. The predicted octanol–water partition coefficient (Wildman–Crippen LogP) is 0.688. The van der Waals surface area contributed by atoms with E-state index in [1.165, 1.54) is 6.92 Å². The van der Waals surface area contributed by atoms with E-state index in [0.29, 0.717) is 0 Å². The molecule has 172 valence electrons. The van der Waals surface area contributed by atoms with Crippen LogP contribution in [-0.4, -0.2) is 67.4 Å². The van der Waals surface area contributed by atoms with E-state index in [4.69, 9.17) is 9.47 Å². The number of esters is 2. The van der Waals surface area contributed by atoms with E-state index in [9.17, 15) is 49.2 Å². The number of carboxylic acids is 4. The lowest BCUT2D eigenvalue weighted by molar-refractivity contribution is -0.174. The summed E-state index contributed by atoms with van der Waals surface area (Å²) in [4.78, 5) is 73.0. The summed E-state index contributed by atoms with van der Waals surface area (Å²) in [6.07, 6.45) is -0.511. The Hall–Kier alpha value is -4.22. The van der Waals surface area contributed by atoms with Crippen molar-refractivity contribution in [2.75, 3.05) is 0 Å². The van der Waals surface area contributed by atoms with Crippen LogP contribution in [0.1, 0.15) is 27.2 Å². The van der Waals surface area contributed by atoms with E-state index in [0.717, 1.165) is 13.8 Å². The van der Waals surface area contributed by atoms with Gasteiger partial charge in [0.25, 0.3) is 11.2 Å². The molecule has 2 unspecified atom stereocenters. The Morgan fingerprint density at radius 2 is 1.31 bits per heavy atom. The van der Waals surface area contributed by atoms with Gasteiger partial charge in [-0.05, 0) is 26.3 Å². The van der Waals surface area contributed by atoms with Gasteiger partial charge in [0.15, 0.2) is 0 Å². The molecule has 32 heavy (non-hydrogen) atoms. The largest absolute Gasteiger partial charge is 0.478 e. The zero-order chi connectivity index (χ0) is 25.2. The van der Waals surface area contributed by atoms with Crippen molar-refractivity contribution in [3.8, 4) is 0 Å². The molecule has 1 rings (SSSR count). The minimum absolute atomic E-state index is 0.112. The monoisotopic (exact) mass is 452 g/mol. The van der Waals surface area contributed by atoms with E-state index in [1.54, 1.807) is 0 Å². The molecule has 0 amide bonds. The van der Waals surface area contributed by atoms with Gasteiger partial charge in [-0.3, -0.25) is 0 Å². The highest BCUT2D eigenvalue weighted by Crippen LogP contribution is 2.46. The smallest absolute Gasteiger partial charge is 0.357 e. The van der Waals surface area contributed by atoms with Crippen LogP contribution in [0.5, 0.6) is 0 Å². The predicted molar refractivity (Wildman–Crippen MR) is 103 cm³/mol. The minimum Gasteiger partial charge on any atom is -0.478 e. The third-order valence-electron chi connectivity index (χ3n) is 4.44. The first-order valence-corrected chi connectivity index (χ1v) is 8.78. The van der Waals surface area contributed by atoms with Gasteiger partial charge in [0.05, 0.1) is 5.57 Å². The molecule has 0 aromatic rings. The third-order valence-corrected chi connectivity index (χ3v) is 4.44. The van der Waals surface area contributed by atoms with Crippen molar-refractivity contribution in [3.05, 3.63) is 47.1 Å². The van der Waals surface area contributed by atoms with Crippen LogP contribution in [0.25, 0.3) is 0 Å². The van der Waals surface area contributed by atoms with Gasteiger partial charge in [-0.15, -0.1) is 0 Å². The van der Waals surface area contributed by atoms with Crippen LogP contribution in [0.3, 0.4) is 0 Å². The summed E-state index contributed by atoms with van der Waals surface area (Å²) in [5.41, 5.74) is -10.9. The van der Waals surface area contributed by atoms with Crippen molar-refractivity contribution in [1.82, 2.24) is 0 Å². The summed E-state index contributed by atoms with van der Waals surface area (Å²) >= 11 is 0. The molecule has 12 nitrogen and oxygen atoms in total. The maximum atomic E-state index is 12.3. The molecular formula is C20H20O12. The van der Waals surface area contributed by atoms with Gasteiger partial charge in [0, 0.05) is 16.7 Å². The second-order valence-corrected chi connectivity index (χ2v) is 6.74. The number of aliphatic carboxylic acids is 4. The molecule has 0 radical (unpaired) electrons. The summed E-state index contributed by atoms with van der Waals surface area (Å²) in [6, 6.07) is 0. The van der Waals surface area contributed by atoms with E-state index < -0.39 is 70.2 Å². The molecule has 12 heteroatoms. The van der Waals surface area contributed by atoms with Crippen molar-refractivity contribution >= 4 is 35.8 Å². The van der Waals surface area contributed by atoms with Crippen LogP contribution in [0, 0.1) is 0 Å². The van der Waals surface area contributed by atoms with Crippen molar-refractivity contribution in [2.45, 2.75) is 38.4 Å². The van der Waals surface area contributed by atoms with Gasteiger partial charge < -0.3 is 29.9 Å². The minimum atomic E-state index is -3.27. The lowest BCUT2D eigenvalue weighted by Gasteiger charge is -2.40. The summed E-state index contributed by atoms with van der Waals surface area (Å²) in [5, 5.41) is 39.2. The molecule has 0 saturated heterocycles. The SMILES string of the molecule is C=C(C)C(=O)OC1(C(=O)O)C=C(C(=O)O)C(OC(=O)C(=C)C)(C(=O)O)C(CC)=C1C(=O)O. The molecule has 0 aliphatic heterocycles. The Kier molecular flexibility index (Phi) is 7.16. The van der Waals surface area contributed by atoms with Crippen LogP contribution >= 0.6 is 0 Å². The highest BCUT2D eigenvalue weighted by molar-refractivity contribution is 6.12. The molecule has 0 aromatic carbocycles. The molecule has 2 atom stereocenters. The fraction of sp³-hybridized carbons (Fsp3) is 0.300. The Labute approximate surface area is 180 Å². The number of rotatable bonds is 9. The summed E-state index contributed by atoms with van der Waals surface area (Å²) < 4.78 is 9.77. The maximum absolute atomic E-state index is 12.3. The topological polar surface area (TPSA) is 202 Å². The lowest BCUT2D eigenvalue weighted by atomic mass is 9.70. The molecular weight excluding hydrogens is 432 g/mol. The number of ether oxygens (including phenoxy) is 2. The van der Waals surface area contributed by atoms with Crippen molar-refractivity contribution in [1.29, 1.82) is 0 Å².